The zero-order chi connectivity index (χ0) is 30.7. The second kappa shape index (κ2) is 26.9. The number of rotatable bonds is 28. The van der Waals surface area contributed by atoms with Gasteiger partial charge in [-0.1, -0.05) is 135 Å². The SMILES string of the molecule is CCCCCCCCCCCC(=O)OC(C)OP(Oc1ccccc1)OC(C)OC(=O)CCCCCCCCCCC. The molecular weight excluding hydrogens is 551 g/mol. The highest BCUT2D eigenvalue weighted by atomic mass is 31.2. The Morgan fingerprint density at radius 1 is 0.571 bits per heavy atom. The van der Waals surface area contributed by atoms with E-state index in [-0.39, 0.29) is 11.9 Å². The molecule has 2 atom stereocenters. The van der Waals surface area contributed by atoms with E-state index in [2.05, 4.69) is 13.8 Å². The lowest BCUT2D eigenvalue weighted by atomic mass is 10.1. The number of hydrogen-bond donors (Lipinski definition) is 0. The molecular formula is C34H59O7P. The van der Waals surface area contributed by atoms with Gasteiger partial charge in [0.15, 0.2) is 0 Å². The summed E-state index contributed by atoms with van der Waals surface area (Å²) in [5.41, 5.74) is 0. The molecule has 0 N–H and O–H groups in total. The molecule has 0 aliphatic heterocycles. The zero-order valence-corrected chi connectivity index (χ0v) is 27.9. The fraction of sp³-hybridized carbons (Fsp3) is 0.765. The number of carbonyl (C=O) groups excluding carboxylic acids is 2. The van der Waals surface area contributed by atoms with Crippen LogP contribution in [-0.4, -0.2) is 24.5 Å². The van der Waals surface area contributed by atoms with Gasteiger partial charge in [0.2, 0.25) is 12.6 Å². The molecule has 0 heterocycles. The Hall–Kier alpha value is -1.69. The summed E-state index contributed by atoms with van der Waals surface area (Å²) in [6.45, 7) is 7.74. The normalized spacial score (nSPS) is 13.3. The Labute approximate surface area is 257 Å². The van der Waals surface area contributed by atoms with Gasteiger partial charge in [0.1, 0.15) is 5.75 Å². The van der Waals surface area contributed by atoms with Crippen molar-refractivity contribution in [3.8, 4) is 5.75 Å². The number of unbranched alkanes of at least 4 members (excludes halogenated alkanes) is 16. The molecule has 0 amide bonds. The summed E-state index contributed by atoms with van der Waals surface area (Å²) >= 11 is 0. The minimum Gasteiger partial charge on any atom is -0.436 e. The first-order chi connectivity index (χ1) is 20.4. The number of esters is 2. The van der Waals surface area contributed by atoms with Gasteiger partial charge in [-0.2, -0.15) is 0 Å². The van der Waals surface area contributed by atoms with Crippen LogP contribution in [0.5, 0.6) is 5.75 Å². The second-order valence-electron chi connectivity index (χ2n) is 11.1. The molecule has 42 heavy (non-hydrogen) atoms. The van der Waals surface area contributed by atoms with Gasteiger partial charge in [0, 0.05) is 12.8 Å². The monoisotopic (exact) mass is 610 g/mol. The summed E-state index contributed by atoms with van der Waals surface area (Å²) < 4.78 is 28.4. The molecule has 0 aliphatic rings. The second-order valence-corrected chi connectivity index (χ2v) is 12.2. The smallest absolute Gasteiger partial charge is 0.403 e. The van der Waals surface area contributed by atoms with E-state index in [4.69, 9.17) is 23.0 Å². The van der Waals surface area contributed by atoms with Crippen molar-refractivity contribution in [3.63, 3.8) is 0 Å². The van der Waals surface area contributed by atoms with Crippen LogP contribution in [0.4, 0.5) is 0 Å². The minimum atomic E-state index is -1.99. The third-order valence-corrected chi connectivity index (χ3v) is 8.25. The Bertz CT molecular complexity index is 732. The molecule has 0 spiro atoms. The van der Waals surface area contributed by atoms with Crippen molar-refractivity contribution >= 4 is 20.5 Å². The van der Waals surface area contributed by atoms with Gasteiger partial charge in [-0.05, 0) is 38.8 Å². The van der Waals surface area contributed by atoms with Crippen LogP contribution in [-0.2, 0) is 28.1 Å². The largest absolute Gasteiger partial charge is 0.436 e. The maximum atomic E-state index is 12.3. The van der Waals surface area contributed by atoms with Gasteiger partial charge in [0.25, 0.3) is 0 Å². The first-order valence-electron chi connectivity index (χ1n) is 16.7. The molecule has 0 aromatic heterocycles. The molecule has 1 aromatic rings. The number of ether oxygens (including phenoxy) is 2. The molecule has 1 aromatic carbocycles. The predicted octanol–water partition coefficient (Wildman–Crippen LogP) is 10.9. The van der Waals surface area contributed by atoms with Crippen LogP contribution >= 0.6 is 8.60 Å². The Kier molecular flexibility index (Phi) is 24.6. The van der Waals surface area contributed by atoms with Gasteiger partial charge in [-0.25, -0.2) is 0 Å². The number of para-hydroxylation sites is 1. The first kappa shape index (κ1) is 38.3. The van der Waals surface area contributed by atoms with Crippen molar-refractivity contribution < 1.29 is 32.6 Å². The molecule has 7 nitrogen and oxygen atoms in total. The maximum absolute atomic E-state index is 12.3. The molecule has 1 rings (SSSR count). The highest BCUT2D eigenvalue weighted by Crippen LogP contribution is 2.43. The van der Waals surface area contributed by atoms with Crippen molar-refractivity contribution in [2.75, 3.05) is 0 Å². The average molecular weight is 611 g/mol. The molecule has 0 bridgehead atoms. The van der Waals surface area contributed by atoms with E-state index in [9.17, 15) is 9.59 Å². The van der Waals surface area contributed by atoms with E-state index in [1.165, 1.54) is 77.0 Å². The van der Waals surface area contributed by atoms with Crippen molar-refractivity contribution in [1.82, 2.24) is 0 Å². The van der Waals surface area contributed by atoms with E-state index < -0.39 is 21.2 Å². The van der Waals surface area contributed by atoms with Crippen LogP contribution in [0.2, 0.25) is 0 Å². The summed E-state index contributed by atoms with van der Waals surface area (Å²) in [6.07, 6.45) is 20.3. The highest BCUT2D eigenvalue weighted by molar-refractivity contribution is 7.42. The van der Waals surface area contributed by atoms with E-state index >= 15 is 0 Å². The summed E-state index contributed by atoms with van der Waals surface area (Å²) in [4.78, 5) is 24.7. The van der Waals surface area contributed by atoms with E-state index in [1.54, 1.807) is 26.0 Å². The molecule has 0 fully saturated rings. The number of hydrogen-bond acceptors (Lipinski definition) is 7. The fourth-order valence-corrected chi connectivity index (χ4v) is 5.57. The van der Waals surface area contributed by atoms with Gasteiger partial charge in [-0.3, -0.25) is 18.6 Å². The van der Waals surface area contributed by atoms with Crippen molar-refractivity contribution in [3.05, 3.63) is 30.3 Å². The summed E-state index contributed by atoms with van der Waals surface area (Å²) in [7, 11) is -1.99. The third-order valence-electron chi connectivity index (χ3n) is 6.96. The van der Waals surface area contributed by atoms with E-state index in [0.717, 1.165) is 38.5 Å². The van der Waals surface area contributed by atoms with E-state index in [1.807, 2.05) is 18.2 Å². The first-order valence-corrected chi connectivity index (χ1v) is 17.8. The lowest BCUT2D eigenvalue weighted by Gasteiger charge is -2.23. The Balaban J connectivity index is 2.35. The molecule has 242 valence electrons. The number of benzene rings is 1. The molecule has 8 heteroatoms. The van der Waals surface area contributed by atoms with Gasteiger partial charge in [0.05, 0.1) is 0 Å². The van der Waals surface area contributed by atoms with Crippen LogP contribution < -0.4 is 4.52 Å². The number of carbonyl (C=O) groups is 2. The Morgan fingerprint density at radius 3 is 1.31 bits per heavy atom. The molecule has 0 saturated heterocycles. The van der Waals surface area contributed by atoms with Gasteiger partial charge >= 0.3 is 20.5 Å². The third kappa shape index (κ3) is 22.9. The highest BCUT2D eigenvalue weighted by Gasteiger charge is 2.25. The summed E-state index contributed by atoms with van der Waals surface area (Å²) in [6, 6.07) is 9.12. The fourth-order valence-electron chi connectivity index (χ4n) is 4.57. The quantitative estimate of drug-likeness (QED) is 0.0404. The molecule has 0 saturated carbocycles. The van der Waals surface area contributed by atoms with Crippen LogP contribution in [0, 0.1) is 0 Å². The summed E-state index contributed by atoms with van der Waals surface area (Å²) in [5, 5.41) is 0. The average Bonchev–Trinajstić information content (AvgIpc) is 2.95. The van der Waals surface area contributed by atoms with Crippen LogP contribution in [0.1, 0.15) is 156 Å². The van der Waals surface area contributed by atoms with Crippen molar-refractivity contribution in [1.29, 1.82) is 0 Å². The Morgan fingerprint density at radius 2 is 0.929 bits per heavy atom. The minimum absolute atomic E-state index is 0.305. The molecule has 0 radical (unpaired) electrons. The maximum Gasteiger partial charge on any atom is 0.403 e. The summed E-state index contributed by atoms with van der Waals surface area (Å²) in [5.74, 6) is -0.0638. The predicted molar refractivity (Wildman–Crippen MR) is 171 cm³/mol. The van der Waals surface area contributed by atoms with Gasteiger partial charge < -0.3 is 14.0 Å². The lowest BCUT2D eigenvalue weighted by molar-refractivity contribution is -0.167. The van der Waals surface area contributed by atoms with Crippen LogP contribution in [0.15, 0.2) is 30.3 Å². The molecule has 2 unspecified atom stereocenters. The standard InChI is InChI=1S/C34H59O7P/c1-5-7-9-11-13-15-17-19-24-28-33(35)37-30(3)39-42(41-32-26-22-21-23-27-32)40-31(4)38-34(36)29-25-20-18-16-14-12-10-8-6-2/h21-23,26-27,30-31H,5-20,24-25,28-29H2,1-4H3. The topological polar surface area (TPSA) is 80.3 Å². The van der Waals surface area contributed by atoms with Gasteiger partial charge in [-0.15, -0.1) is 0 Å². The van der Waals surface area contributed by atoms with Crippen LogP contribution in [0.3, 0.4) is 0 Å². The van der Waals surface area contributed by atoms with Crippen molar-refractivity contribution in [2.24, 2.45) is 0 Å². The molecule has 0 aliphatic carbocycles. The van der Waals surface area contributed by atoms with Crippen LogP contribution in [0.25, 0.3) is 0 Å². The van der Waals surface area contributed by atoms with Crippen molar-refractivity contribution in [2.45, 2.75) is 169 Å². The zero-order valence-electron chi connectivity index (χ0n) is 27.0. The van der Waals surface area contributed by atoms with E-state index in [0.29, 0.717) is 18.6 Å². The lowest BCUT2D eigenvalue weighted by Crippen LogP contribution is -2.21.